The third-order valence-electron chi connectivity index (χ3n) is 11.0. The van der Waals surface area contributed by atoms with Gasteiger partial charge in [0.15, 0.2) is 5.96 Å². The molecule has 0 saturated carbocycles. The Bertz CT molecular complexity index is 2070. The highest BCUT2D eigenvalue weighted by atomic mass is 16.4. The lowest BCUT2D eigenvalue weighted by Gasteiger charge is -2.28. The summed E-state index contributed by atoms with van der Waals surface area (Å²) in [6, 6.07) is -2.45. The average Bonchev–Trinajstić information content (AvgIpc) is 3.81. The molecule has 71 heavy (non-hydrogen) atoms. The Hall–Kier alpha value is -7.42. The van der Waals surface area contributed by atoms with Gasteiger partial charge < -0.3 is 79.7 Å². The molecular weight excluding hydrogens is 937 g/mol. The number of nitrogens with zero attached hydrogens (tertiary/aromatic N) is 2. The Balaban J connectivity index is 2.18. The number of guanidine groups is 1. The second-order valence-corrected chi connectivity index (χ2v) is 17.3. The van der Waals surface area contributed by atoms with Crippen molar-refractivity contribution in [2.75, 3.05) is 26.2 Å². The number of hydrogen-bond donors (Lipinski definition) is 14. The van der Waals surface area contributed by atoms with Crippen molar-refractivity contribution in [2.24, 2.45) is 28.1 Å². The molecule has 1 aliphatic rings. The van der Waals surface area contributed by atoms with Crippen LogP contribution in [0.5, 0.6) is 0 Å². The fourth-order valence-electron chi connectivity index (χ4n) is 7.16. The fraction of sp³-hybridized carbons (Fsp3) is 0.591. The van der Waals surface area contributed by atoms with Gasteiger partial charge in [-0.05, 0) is 63.4 Å². The van der Waals surface area contributed by atoms with Crippen molar-refractivity contribution in [1.82, 2.24) is 42.1 Å². The standard InChI is InChI=1S/C44H68N12O15/c1-23(2)19-29(41(68)51-27(13-15-34(59)60)39(66)52-28(43(70)71)14-16-35(61)62)53-36(63)24(3)50-40(67)30(20-25-9-5-4-6-10-25)54-42(69)32-12-8-18-56(32)33(58)21-49-38(65)31(22-57)55-37(64)26(45)11-7-17-48-44(46)47/h4-6,9-10,23-24,26-32,57H,7-8,11-22,45H2,1-3H3,(H,49,65)(H,50,67)(H,51,68)(H,52,66)(H,53,63)(H,54,69)(H,55,64)(H,59,60)(H,61,62)(H,70,71)(H4,46,47,48)/t24-,26-,27-,28-,29-,30-,31-,32-/m0/s1. The molecule has 1 aromatic rings. The number of carboxylic acids is 3. The summed E-state index contributed by atoms with van der Waals surface area (Å²) in [5.74, 6) is -11.5. The normalized spacial score (nSPS) is 16.0. The van der Waals surface area contributed by atoms with Gasteiger partial charge in [-0.2, -0.15) is 0 Å². The smallest absolute Gasteiger partial charge is 0.326 e. The maximum atomic E-state index is 13.9. The van der Waals surface area contributed by atoms with E-state index in [9.17, 15) is 68.1 Å². The second-order valence-electron chi connectivity index (χ2n) is 17.3. The average molecular weight is 1010 g/mol. The van der Waals surface area contributed by atoms with Crippen LogP contribution >= 0.6 is 0 Å². The van der Waals surface area contributed by atoms with Gasteiger partial charge in [-0.3, -0.25) is 52.9 Å². The summed E-state index contributed by atoms with van der Waals surface area (Å²) in [6.07, 6.45) is -1.29. The number of aliphatic hydroxyl groups is 1. The van der Waals surface area contributed by atoms with E-state index in [1.165, 1.54) is 11.8 Å². The third-order valence-corrected chi connectivity index (χ3v) is 11.0. The number of aliphatic imine (C=N–C) groups is 1. The zero-order valence-electron chi connectivity index (χ0n) is 39.9. The molecule has 1 aliphatic heterocycles. The number of aliphatic carboxylic acids is 3. The first-order valence-electron chi connectivity index (χ1n) is 22.9. The van der Waals surface area contributed by atoms with Crippen LogP contribution in [0.15, 0.2) is 35.3 Å². The number of carboxylic acid groups (broad SMARTS) is 3. The first-order chi connectivity index (χ1) is 33.4. The third kappa shape index (κ3) is 21.8. The Morgan fingerprint density at radius 3 is 1.83 bits per heavy atom. The van der Waals surface area contributed by atoms with Crippen molar-refractivity contribution < 1.29 is 73.2 Å². The highest BCUT2D eigenvalue weighted by molar-refractivity contribution is 5.98. The molecule has 17 N–H and O–H groups in total. The summed E-state index contributed by atoms with van der Waals surface area (Å²) in [6.45, 7) is 3.61. The van der Waals surface area contributed by atoms with E-state index in [1.54, 1.807) is 44.2 Å². The summed E-state index contributed by atoms with van der Waals surface area (Å²) in [4.78, 5) is 146. The molecule has 1 heterocycles. The monoisotopic (exact) mass is 1000 g/mol. The number of carbonyl (C=O) groups excluding carboxylic acids is 8. The van der Waals surface area contributed by atoms with Crippen LogP contribution in [0.25, 0.3) is 0 Å². The minimum Gasteiger partial charge on any atom is -0.481 e. The molecule has 27 heteroatoms. The van der Waals surface area contributed by atoms with Gasteiger partial charge >= 0.3 is 17.9 Å². The van der Waals surface area contributed by atoms with Crippen LogP contribution in [0.2, 0.25) is 0 Å². The van der Waals surface area contributed by atoms with Crippen molar-refractivity contribution in [2.45, 2.75) is 133 Å². The van der Waals surface area contributed by atoms with Crippen LogP contribution in [0.1, 0.15) is 84.1 Å². The molecule has 0 aromatic heterocycles. The highest BCUT2D eigenvalue weighted by Gasteiger charge is 2.37. The van der Waals surface area contributed by atoms with Gasteiger partial charge in [0.1, 0.15) is 42.3 Å². The van der Waals surface area contributed by atoms with Gasteiger partial charge in [-0.15, -0.1) is 0 Å². The quantitative estimate of drug-likeness (QED) is 0.0189. The number of aliphatic hydroxyl groups excluding tert-OH is 1. The molecule has 27 nitrogen and oxygen atoms in total. The molecule has 394 valence electrons. The molecule has 0 bridgehead atoms. The maximum Gasteiger partial charge on any atom is 0.326 e. The zero-order valence-corrected chi connectivity index (χ0v) is 39.9. The van der Waals surface area contributed by atoms with Crippen molar-refractivity contribution in [3.8, 4) is 0 Å². The summed E-state index contributed by atoms with van der Waals surface area (Å²) >= 11 is 0. The number of carbonyl (C=O) groups is 11. The van der Waals surface area contributed by atoms with Gasteiger partial charge in [0.2, 0.25) is 47.3 Å². The number of nitrogens with one attached hydrogen (secondary N) is 7. The minimum absolute atomic E-state index is 0.0220. The lowest BCUT2D eigenvalue weighted by atomic mass is 10.0. The van der Waals surface area contributed by atoms with Crippen molar-refractivity contribution >= 4 is 71.1 Å². The molecule has 0 radical (unpaired) electrons. The first-order valence-corrected chi connectivity index (χ1v) is 22.9. The van der Waals surface area contributed by atoms with Crippen LogP contribution in [-0.2, 0) is 59.2 Å². The molecule has 0 spiro atoms. The van der Waals surface area contributed by atoms with E-state index in [0.29, 0.717) is 18.4 Å². The summed E-state index contributed by atoms with van der Waals surface area (Å²) in [5.41, 5.74) is 17.1. The number of nitrogens with two attached hydrogens (primary N) is 3. The summed E-state index contributed by atoms with van der Waals surface area (Å²) in [5, 5.41) is 54.5. The molecule has 0 unspecified atom stereocenters. The summed E-state index contributed by atoms with van der Waals surface area (Å²) in [7, 11) is 0. The van der Waals surface area contributed by atoms with E-state index < -0.39 is 152 Å². The van der Waals surface area contributed by atoms with Crippen LogP contribution in [0.3, 0.4) is 0 Å². The van der Waals surface area contributed by atoms with Crippen LogP contribution in [0.4, 0.5) is 0 Å². The molecule has 1 saturated heterocycles. The highest BCUT2D eigenvalue weighted by Crippen LogP contribution is 2.18. The molecule has 8 atom stereocenters. The van der Waals surface area contributed by atoms with Crippen molar-refractivity contribution in [1.29, 1.82) is 0 Å². The predicted octanol–water partition coefficient (Wildman–Crippen LogP) is -4.50. The van der Waals surface area contributed by atoms with E-state index in [1.807, 2.05) is 0 Å². The molecule has 2 rings (SSSR count). The van der Waals surface area contributed by atoms with Gasteiger partial charge in [0.25, 0.3) is 0 Å². The Morgan fingerprint density at radius 1 is 0.690 bits per heavy atom. The second kappa shape index (κ2) is 30.2. The van der Waals surface area contributed by atoms with Gasteiger partial charge in [-0.25, -0.2) is 4.79 Å². The van der Waals surface area contributed by atoms with E-state index in [4.69, 9.17) is 22.3 Å². The van der Waals surface area contributed by atoms with Gasteiger partial charge in [-0.1, -0.05) is 44.2 Å². The molecular formula is C44H68N12O15. The lowest BCUT2D eigenvalue weighted by Crippen LogP contribution is -2.59. The SMILES string of the molecule is CC(C)C[C@H](NC(=O)[C@H](C)NC(=O)[C@H](Cc1ccccc1)NC(=O)[C@@H]1CCCN1C(=O)CNC(=O)[C@H](CO)NC(=O)[C@@H](N)CCCN=C(N)N)C(=O)N[C@@H](CCC(=O)O)C(=O)N[C@@H](CCC(=O)O)C(=O)O. The number of benzene rings is 1. The predicted molar refractivity (Wildman–Crippen MR) is 251 cm³/mol. The molecule has 8 amide bonds. The fourth-order valence-corrected chi connectivity index (χ4v) is 7.16. The molecule has 1 aromatic carbocycles. The Labute approximate surface area is 409 Å². The topological polar surface area (TPSA) is 447 Å². The molecule has 0 aliphatic carbocycles. The molecule has 1 fully saturated rings. The van der Waals surface area contributed by atoms with Crippen LogP contribution in [0, 0.1) is 5.92 Å². The van der Waals surface area contributed by atoms with E-state index >= 15 is 0 Å². The number of hydrogen-bond acceptors (Lipinski definition) is 14. The van der Waals surface area contributed by atoms with E-state index in [0.717, 1.165) is 0 Å². The van der Waals surface area contributed by atoms with Crippen LogP contribution < -0.4 is 54.4 Å². The first kappa shape index (κ1) is 59.7. The van der Waals surface area contributed by atoms with Crippen molar-refractivity contribution in [3.05, 3.63) is 35.9 Å². The zero-order chi connectivity index (χ0) is 53.4. The largest absolute Gasteiger partial charge is 0.481 e. The van der Waals surface area contributed by atoms with Gasteiger partial charge in [0.05, 0.1) is 19.2 Å². The number of amides is 8. The van der Waals surface area contributed by atoms with Crippen LogP contribution in [-0.4, -0.2) is 171 Å². The Morgan fingerprint density at radius 2 is 1.25 bits per heavy atom. The number of rotatable bonds is 31. The lowest BCUT2D eigenvalue weighted by molar-refractivity contribution is -0.144. The van der Waals surface area contributed by atoms with Crippen molar-refractivity contribution in [3.63, 3.8) is 0 Å². The van der Waals surface area contributed by atoms with Gasteiger partial charge in [0, 0.05) is 32.4 Å². The van der Waals surface area contributed by atoms with E-state index in [-0.39, 0.29) is 50.7 Å². The number of likely N-dealkylation sites (tertiary alicyclic amines) is 1. The summed E-state index contributed by atoms with van der Waals surface area (Å²) < 4.78 is 0. The minimum atomic E-state index is -1.69. The Kier molecular flexibility index (Phi) is 25.4. The maximum absolute atomic E-state index is 13.9. The van der Waals surface area contributed by atoms with E-state index in [2.05, 4.69) is 42.2 Å².